The van der Waals surface area contributed by atoms with Crippen molar-refractivity contribution in [2.45, 2.75) is 64.3 Å². The second-order valence-corrected chi connectivity index (χ2v) is 10.1. The van der Waals surface area contributed by atoms with E-state index in [1.54, 1.807) is 0 Å². The quantitative estimate of drug-likeness (QED) is 0.165. The summed E-state index contributed by atoms with van der Waals surface area (Å²) >= 11 is 0. The van der Waals surface area contributed by atoms with Gasteiger partial charge in [-0.05, 0) is 31.6 Å². The first kappa shape index (κ1) is 27.3. The van der Waals surface area contributed by atoms with Crippen LogP contribution in [0.4, 0.5) is 5.69 Å². The normalized spacial score (nSPS) is 22.0. The molecule has 0 spiro atoms. The molecule has 10 nitrogen and oxygen atoms in total. The molecule has 0 saturated carbocycles. The van der Waals surface area contributed by atoms with Crippen molar-refractivity contribution in [2.24, 2.45) is 23.5 Å². The van der Waals surface area contributed by atoms with Crippen LogP contribution in [0.1, 0.15) is 63.9 Å². The highest BCUT2D eigenvalue weighted by molar-refractivity contribution is 6.03. The average molecular weight is 501 g/mol. The number of nitrogens with two attached hydrogens (primary N) is 1. The van der Waals surface area contributed by atoms with Crippen molar-refractivity contribution in [3.8, 4) is 0 Å². The Kier molecular flexibility index (Phi) is 9.58. The fourth-order valence-corrected chi connectivity index (χ4v) is 5.17. The molecule has 4 amide bonds. The second kappa shape index (κ2) is 12.6. The van der Waals surface area contributed by atoms with Crippen molar-refractivity contribution < 1.29 is 29.0 Å². The summed E-state index contributed by atoms with van der Waals surface area (Å²) in [6.07, 6.45) is 6.55. The van der Waals surface area contributed by atoms with E-state index in [-0.39, 0.29) is 24.2 Å². The molecule has 2 aliphatic rings. The number of rotatable bonds is 7. The first-order chi connectivity index (χ1) is 17.2. The smallest absolute Gasteiger partial charge is 0.256 e. The number of nitrogens with zero attached hydrogens (tertiary/aromatic N) is 1. The molecule has 1 aromatic carbocycles. The van der Waals surface area contributed by atoms with Gasteiger partial charge in [0.1, 0.15) is 18.5 Å². The zero-order valence-electron chi connectivity index (χ0n) is 21.0. The van der Waals surface area contributed by atoms with E-state index in [1.165, 1.54) is 5.48 Å². The monoisotopic (exact) mass is 500 g/mol. The Morgan fingerprint density at radius 3 is 2.56 bits per heavy atom. The Labute approximate surface area is 211 Å². The fraction of sp³-hybridized carbons (Fsp3) is 0.577. The first-order valence-electron chi connectivity index (χ1n) is 12.7. The Balaban J connectivity index is 1.90. The second-order valence-electron chi connectivity index (χ2n) is 10.1. The van der Waals surface area contributed by atoms with Crippen molar-refractivity contribution in [1.29, 1.82) is 0 Å². The molecule has 0 fully saturated rings. The molecule has 0 aromatic heterocycles. The number of primary amides is 1. The van der Waals surface area contributed by atoms with Crippen molar-refractivity contribution >= 4 is 35.5 Å². The molecular formula is C26H38N5O5+. The van der Waals surface area contributed by atoms with Crippen LogP contribution in [0.25, 0.3) is 0 Å². The molecule has 4 atom stereocenters. The van der Waals surface area contributed by atoms with Crippen molar-refractivity contribution in [1.82, 2.24) is 16.1 Å². The van der Waals surface area contributed by atoms with E-state index in [2.05, 4.69) is 27.5 Å². The predicted molar refractivity (Wildman–Crippen MR) is 134 cm³/mol. The number of hydrogen-bond donors (Lipinski definition) is 5. The van der Waals surface area contributed by atoms with E-state index in [1.807, 2.05) is 32.0 Å². The van der Waals surface area contributed by atoms with E-state index in [0.29, 0.717) is 13.0 Å². The summed E-state index contributed by atoms with van der Waals surface area (Å²) < 4.78 is 2.23. The summed E-state index contributed by atoms with van der Waals surface area (Å²) in [6.45, 7) is 5.09. The van der Waals surface area contributed by atoms with Crippen LogP contribution in [0, 0.1) is 17.8 Å². The topological polar surface area (TPSA) is 154 Å². The van der Waals surface area contributed by atoms with Crippen LogP contribution in [0.5, 0.6) is 0 Å². The van der Waals surface area contributed by atoms with E-state index in [4.69, 9.17) is 10.9 Å². The maximum absolute atomic E-state index is 13.5. The van der Waals surface area contributed by atoms with E-state index in [0.717, 1.165) is 43.5 Å². The lowest BCUT2D eigenvalue weighted by molar-refractivity contribution is -0.433. The number of benzene rings is 1. The third-order valence-corrected chi connectivity index (χ3v) is 6.92. The first-order valence-corrected chi connectivity index (χ1v) is 12.7. The fourth-order valence-electron chi connectivity index (χ4n) is 5.17. The van der Waals surface area contributed by atoms with Gasteiger partial charge in [-0.3, -0.25) is 24.4 Å². The average Bonchev–Trinajstić information content (AvgIpc) is 3.19. The Bertz CT molecular complexity index is 1010. The highest BCUT2D eigenvalue weighted by Gasteiger charge is 2.41. The molecule has 2 unspecified atom stereocenters. The van der Waals surface area contributed by atoms with Crippen LogP contribution in [0.3, 0.4) is 0 Å². The molecule has 2 heterocycles. The summed E-state index contributed by atoms with van der Waals surface area (Å²) in [7, 11) is 0. The minimum absolute atomic E-state index is 0.0495. The van der Waals surface area contributed by atoms with Crippen LogP contribution in [-0.2, 0) is 19.2 Å². The molecule has 1 aromatic rings. The number of hydrogen-bond acceptors (Lipinski definition) is 5. The molecule has 196 valence electrons. The highest BCUT2D eigenvalue weighted by atomic mass is 16.5. The van der Waals surface area contributed by atoms with Gasteiger partial charge in [-0.1, -0.05) is 38.5 Å². The van der Waals surface area contributed by atoms with E-state index in [9.17, 15) is 19.2 Å². The lowest BCUT2D eigenvalue weighted by Gasteiger charge is -2.27. The largest absolute Gasteiger partial charge is 0.369 e. The zero-order valence-corrected chi connectivity index (χ0v) is 21.0. The minimum atomic E-state index is -1.57. The predicted octanol–water partition coefficient (Wildman–Crippen LogP) is 1.33. The van der Waals surface area contributed by atoms with Crippen LogP contribution in [0.15, 0.2) is 24.3 Å². The van der Waals surface area contributed by atoms with Crippen LogP contribution < -0.4 is 21.8 Å². The Morgan fingerprint density at radius 2 is 1.86 bits per heavy atom. The summed E-state index contributed by atoms with van der Waals surface area (Å²) in [4.78, 5) is 51.0. The molecule has 6 N–H and O–H groups in total. The SMILES string of the molecule is CC(C)C[C@@H](C(=O)N[C@H]1CC2C=[N+](CCCCCCNC1=O)c1ccccc12)C(C(N)=O)C(=O)NO. The lowest BCUT2D eigenvalue weighted by Crippen LogP contribution is -2.53. The third kappa shape index (κ3) is 6.69. The van der Waals surface area contributed by atoms with Gasteiger partial charge >= 0.3 is 0 Å². The Hall–Kier alpha value is -3.27. The van der Waals surface area contributed by atoms with Gasteiger partial charge in [0.15, 0.2) is 6.21 Å². The highest BCUT2D eigenvalue weighted by Crippen LogP contribution is 2.35. The number of amides is 4. The van der Waals surface area contributed by atoms with Crippen molar-refractivity contribution in [2.75, 3.05) is 13.1 Å². The van der Waals surface area contributed by atoms with Crippen LogP contribution >= 0.6 is 0 Å². The zero-order chi connectivity index (χ0) is 26.2. The van der Waals surface area contributed by atoms with Crippen LogP contribution in [-0.4, -0.2) is 58.8 Å². The van der Waals surface area contributed by atoms with Crippen molar-refractivity contribution in [3.05, 3.63) is 29.8 Å². The molecule has 2 bridgehead atoms. The summed E-state index contributed by atoms with van der Waals surface area (Å²) in [5.74, 6) is -5.83. The number of carbonyl (C=O) groups is 4. The number of para-hydroxylation sites is 1. The van der Waals surface area contributed by atoms with Gasteiger partial charge in [0.2, 0.25) is 23.4 Å². The number of fused-ring (bicyclic) bond motifs is 4. The van der Waals surface area contributed by atoms with E-state index >= 15 is 0 Å². The summed E-state index contributed by atoms with van der Waals surface area (Å²) in [5, 5.41) is 14.9. The third-order valence-electron chi connectivity index (χ3n) is 6.92. The molecule has 3 rings (SSSR count). The molecule has 0 radical (unpaired) electrons. The maximum atomic E-state index is 13.5. The molecule has 10 heteroatoms. The molecule has 36 heavy (non-hydrogen) atoms. The number of hydroxylamine groups is 1. The summed E-state index contributed by atoms with van der Waals surface area (Å²) in [6, 6.07) is 7.17. The molecule has 0 saturated heterocycles. The maximum Gasteiger partial charge on any atom is 0.256 e. The Morgan fingerprint density at radius 1 is 1.14 bits per heavy atom. The number of nitrogens with one attached hydrogen (secondary N) is 3. The van der Waals surface area contributed by atoms with Crippen LogP contribution in [0.2, 0.25) is 0 Å². The minimum Gasteiger partial charge on any atom is -0.369 e. The standard InChI is InChI=1S/C26H37N5O5/c1-16(2)13-19(22(23(27)32)26(35)30-36)24(33)29-20-14-17-15-31(21-10-6-5-9-18(17)21)12-8-4-3-7-11-28-25(20)34/h5-6,9-10,15-17,19-20,22H,3-4,7-8,11-14H2,1-2H3,(H5-,27,28,29,30,32,33,34,35,36)/p+1/t17?,19-,20+,22?/m1/s1. The van der Waals surface area contributed by atoms with Gasteiger partial charge in [-0.25, -0.2) is 10.1 Å². The molecular weight excluding hydrogens is 462 g/mol. The van der Waals surface area contributed by atoms with E-state index < -0.39 is 35.6 Å². The van der Waals surface area contributed by atoms with Gasteiger partial charge in [-0.15, -0.1) is 0 Å². The van der Waals surface area contributed by atoms with Crippen molar-refractivity contribution in [3.63, 3.8) is 0 Å². The molecule has 0 aliphatic carbocycles. The summed E-state index contributed by atoms with van der Waals surface area (Å²) in [5.41, 5.74) is 9.08. The van der Waals surface area contributed by atoms with Gasteiger partial charge in [0.25, 0.3) is 5.91 Å². The lowest BCUT2D eigenvalue weighted by atomic mass is 9.83. The van der Waals surface area contributed by atoms with Gasteiger partial charge < -0.3 is 16.4 Å². The van der Waals surface area contributed by atoms with Gasteiger partial charge in [-0.2, -0.15) is 0 Å². The van der Waals surface area contributed by atoms with Gasteiger partial charge in [0.05, 0.1) is 11.8 Å². The van der Waals surface area contributed by atoms with Gasteiger partial charge in [0, 0.05) is 24.6 Å². The number of carbonyl (C=O) groups excluding carboxylic acids is 4. The molecule has 2 aliphatic heterocycles.